The van der Waals surface area contributed by atoms with Crippen LogP contribution in [-0.2, 0) is 0 Å². The van der Waals surface area contributed by atoms with Crippen molar-refractivity contribution in [2.45, 2.75) is 6.92 Å². The predicted octanol–water partition coefficient (Wildman–Crippen LogP) is 2.58. The van der Waals surface area contributed by atoms with E-state index >= 15 is 0 Å². The fraction of sp³-hybridized carbons (Fsp3) is 0.143. The lowest BCUT2D eigenvalue weighted by atomic mass is 10.2. The van der Waals surface area contributed by atoms with E-state index in [1.54, 1.807) is 4.52 Å². The van der Waals surface area contributed by atoms with E-state index in [2.05, 4.69) is 5.10 Å². The summed E-state index contributed by atoms with van der Waals surface area (Å²) in [6.07, 6.45) is 1.33. The van der Waals surface area contributed by atoms with E-state index in [0.717, 1.165) is 10.9 Å². The molecule has 0 aliphatic rings. The highest BCUT2D eigenvalue weighted by atomic mass is 16.5. The lowest BCUT2D eigenvalue weighted by molar-refractivity contribution is 0.0692. The standard InChI is InChI=1S/C14H12N2O3/c1-2-19-13-10(14(17)18)8-15-16-11-6-4-3-5-9(11)7-12(13)16/h3-8H,2H2,1H3,(H,17,18). The van der Waals surface area contributed by atoms with Gasteiger partial charge in [-0.25, -0.2) is 9.31 Å². The van der Waals surface area contributed by atoms with Gasteiger partial charge in [-0.2, -0.15) is 5.10 Å². The summed E-state index contributed by atoms with van der Waals surface area (Å²) in [7, 11) is 0. The Labute approximate surface area is 109 Å². The van der Waals surface area contributed by atoms with Gasteiger partial charge in [0.2, 0.25) is 0 Å². The van der Waals surface area contributed by atoms with Crippen LogP contribution in [0.5, 0.6) is 5.75 Å². The molecule has 1 aromatic carbocycles. The van der Waals surface area contributed by atoms with Crippen molar-refractivity contribution >= 4 is 22.4 Å². The Morgan fingerprint density at radius 1 is 1.37 bits per heavy atom. The lowest BCUT2D eigenvalue weighted by Crippen LogP contribution is -2.06. The Hall–Kier alpha value is -2.56. The van der Waals surface area contributed by atoms with Crippen molar-refractivity contribution in [3.63, 3.8) is 0 Å². The number of aromatic carboxylic acids is 1. The number of nitrogens with zero attached hydrogens (tertiary/aromatic N) is 2. The molecule has 0 aliphatic carbocycles. The molecule has 0 fully saturated rings. The highest BCUT2D eigenvalue weighted by Gasteiger charge is 2.17. The Morgan fingerprint density at radius 2 is 2.16 bits per heavy atom. The minimum absolute atomic E-state index is 0.0807. The maximum atomic E-state index is 11.2. The van der Waals surface area contributed by atoms with Gasteiger partial charge in [0.05, 0.1) is 18.3 Å². The van der Waals surface area contributed by atoms with Crippen LogP contribution in [0.2, 0.25) is 0 Å². The molecule has 0 amide bonds. The van der Waals surface area contributed by atoms with Crippen molar-refractivity contribution in [2.24, 2.45) is 0 Å². The number of aromatic nitrogens is 2. The molecule has 3 rings (SSSR count). The molecule has 0 atom stereocenters. The van der Waals surface area contributed by atoms with Gasteiger partial charge in [-0.1, -0.05) is 18.2 Å². The van der Waals surface area contributed by atoms with Crippen LogP contribution >= 0.6 is 0 Å². The van der Waals surface area contributed by atoms with Crippen molar-refractivity contribution in [1.29, 1.82) is 0 Å². The first-order valence-corrected chi connectivity index (χ1v) is 5.98. The van der Waals surface area contributed by atoms with Gasteiger partial charge in [-0.05, 0) is 19.1 Å². The third-order valence-corrected chi connectivity index (χ3v) is 2.98. The largest absolute Gasteiger partial charge is 0.491 e. The average molecular weight is 256 g/mol. The first kappa shape index (κ1) is 11.5. The molecule has 3 aromatic rings. The molecular weight excluding hydrogens is 244 g/mol. The number of rotatable bonds is 3. The SMILES string of the molecule is CCOc1c(C(=O)O)cnn2c1cc1ccccc12. The van der Waals surface area contributed by atoms with Gasteiger partial charge in [0.15, 0.2) is 5.75 Å². The van der Waals surface area contributed by atoms with Crippen LogP contribution in [-0.4, -0.2) is 27.3 Å². The Bertz CT molecular complexity index is 777. The summed E-state index contributed by atoms with van der Waals surface area (Å²) in [6.45, 7) is 2.23. The van der Waals surface area contributed by atoms with E-state index in [0.29, 0.717) is 17.9 Å². The van der Waals surface area contributed by atoms with E-state index in [4.69, 9.17) is 4.74 Å². The first-order chi connectivity index (χ1) is 9.22. The van der Waals surface area contributed by atoms with Gasteiger partial charge < -0.3 is 9.84 Å². The normalized spacial score (nSPS) is 11.0. The maximum absolute atomic E-state index is 11.2. The van der Waals surface area contributed by atoms with Crippen LogP contribution in [0.1, 0.15) is 17.3 Å². The van der Waals surface area contributed by atoms with E-state index in [1.807, 2.05) is 37.3 Å². The van der Waals surface area contributed by atoms with Gasteiger partial charge in [-0.3, -0.25) is 0 Å². The Morgan fingerprint density at radius 3 is 2.89 bits per heavy atom. The molecule has 96 valence electrons. The third-order valence-electron chi connectivity index (χ3n) is 2.98. The number of hydrogen-bond acceptors (Lipinski definition) is 3. The molecule has 2 heterocycles. The number of carboxylic acid groups (broad SMARTS) is 1. The first-order valence-electron chi connectivity index (χ1n) is 5.98. The molecule has 0 bridgehead atoms. The van der Waals surface area contributed by atoms with Crippen LogP contribution in [0.3, 0.4) is 0 Å². The molecule has 0 saturated heterocycles. The topological polar surface area (TPSA) is 63.8 Å². The Balaban J connectivity index is 2.41. The van der Waals surface area contributed by atoms with Crippen molar-refractivity contribution in [2.75, 3.05) is 6.61 Å². The molecule has 2 aromatic heterocycles. The van der Waals surface area contributed by atoms with Crippen LogP contribution in [0.25, 0.3) is 16.4 Å². The number of para-hydroxylation sites is 1. The quantitative estimate of drug-likeness (QED) is 0.782. The summed E-state index contributed by atoms with van der Waals surface area (Å²) in [5.41, 5.74) is 1.68. The molecule has 1 N–H and O–H groups in total. The molecule has 0 unspecified atom stereocenters. The number of carbonyl (C=O) groups is 1. The summed E-state index contributed by atoms with van der Waals surface area (Å²) >= 11 is 0. The summed E-state index contributed by atoms with van der Waals surface area (Å²) < 4.78 is 7.20. The lowest BCUT2D eigenvalue weighted by Gasteiger charge is -2.08. The van der Waals surface area contributed by atoms with Gasteiger partial charge in [0, 0.05) is 5.39 Å². The summed E-state index contributed by atoms with van der Waals surface area (Å²) in [5, 5.41) is 14.4. The monoisotopic (exact) mass is 256 g/mol. The van der Waals surface area contributed by atoms with Crippen molar-refractivity contribution in [3.05, 3.63) is 42.1 Å². The fourth-order valence-electron chi connectivity index (χ4n) is 2.19. The number of ether oxygens (including phenoxy) is 1. The van der Waals surface area contributed by atoms with Crippen LogP contribution < -0.4 is 4.74 Å². The Kier molecular flexibility index (Phi) is 2.59. The molecule has 0 spiro atoms. The summed E-state index contributed by atoms with van der Waals surface area (Å²) in [6, 6.07) is 9.63. The number of fused-ring (bicyclic) bond motifs is 3. The fourth-order valence-corrected chi connectivity index (χ4v) is 2.19. The summed E-state index contributed by atoms with van der Waals surface area (Å²) in [4.78, 5) is 11.2. The molecule has 0 aliphatic heterocycles. The third kappa shape index (κ3) is 1.71. The van der Waals surface area contributed by atoms with Gasteiger partial charge in [-0.15, -0.1) is 0 Å². The molecule has 5 heteroatoms. The number of carboxylic acids is 1. The van der Waals surface area contributed by atoms with Crippen LogP contribution in [0, 0.1) is 0 Å². The second-order valence-electron chi connectivity index (χ2n) is 4.13. The highest BCUT2D eigenvalue weighted by molar-refractivity contribution is 5.96. The zero-order valence-corrected chi connectivity index (χ0v) is 10.3. The van der Waals surface area contributed by atoms with Crippen LogP contribution in [0.15, 0.2) is 36.5 Å². The second-order valence-corrected chi connectivity index (χ2v) is 4.13. The molecular formula is C14H12N2O3. The van der Waals surface area contributed by atoms with E-state index < -0.39 is 5.97 Å². The maximum Gasteiger partial charge on any atom is 0.341 e. The van der Waals surface area contributed by atoms with E-state index in [1.165, 1.54) is 6.20 Å². The number of benzene rings is 1. The average Bonchev–Trinajstić information content (AvgIpc) is 2.78. The predicted molar refractivity (Wildman–Crippen MR) is 70.8 cm³/mol. The summed E-state index contributed by atoms with van der Waals surface area (Å²) in [5.74, 6) is -0.676. The van der Waals surface area contributed by atoms with Crippen molar-refractivity contribution in [3.8, 4) is 5.75 Å². The van der Waals surface area contributed by atoms with E-state index in [9.17, 15) is 9.90 Å². The minimum Gasteiger partial charge on any atom is -0.491 e. The molecule has 5 nitrogen and oxygen atoms in total. The van der Waals surface area contributed by atoms with Gasteiger partial charge >= 0.3 is 5.97 Å². The highest BCUT2D eigenvalue weighted by Crippen LogP contribution is 2.29. The zero-order valence-electron chi connectivity index (χ0n) is 10.3. The molecule has 0 radical (unpaired) electrons. The molecule has 19 heavy (non-hydrogen) atoms. The smallest absolute Gasteiger partial charge is 0.341 e. The van der Waals surface area contributed by atoms with Crippen LogP contribution in [0.4, 0.5) is 0 Å². The van der Waals surface area contributed by atoms with Crippen molar-refractivity contribution in [1.82, 2.24) is 9.61 Å². The molecule has 0 saturated carbocycles. The van der Waals surface area contributed by atoms with Crippen molar-refractivity contribution < 1.29 is 14.6 Å². The second kappa shape index (κ2) is 4.28. The van der Waals surface area contributed by atoms with E-state index in [-0.39, 0.29) is 5.56 Å². The number of hydrogen-bond donors (Lipinski definition) is 1. The zero-order chi connectivity index (χ0) is 13.4. The minimum atomic E-state index is -1.04. The van der Waals surface area contributed by atoms with Gasteiger partial charge in [0.1, 0.15) is 11.1 Å². The van der Waals surface area contributed by atoms with Gasteiger partial charge in [0.25, 0.3) is 0 Å².